The third kappa shape index (κ3) is 3.09. The minimum Gasteiger partial charge on any atom is -0.348 e. The first-order chi connectivity index (χ1) is 11.5. The number of hydrogen-bond donors (Lipinski definition) is 0. The van der Waals surface area contributed by atoms with Crippen molar-refractivity contribution in [3.8, 4) is 6.07 Å². The largest absolute Gasteiger partial charge is 0.348 e. The Morgan fingerprint density at radius 2 is 2.21 bits per heavy atom. The molecule has 0 saturated carbocycles. The van der Waals surface area contributed by atoms with Crippen LogP contribution >= 0.6 is 11.6 Å². The highest BCUT2D eigenvalue weighted by atomic mass is 35.5. The van der Waals surface area contributed by atoms with E-state index < -0.39 is 0 Å². The molecule has 2 aromatic rings. The lowest BCUT2D eigenvalue weighted by Gasteiger charge is -2.25. The Bertz CT molecular complexity index is 776. The topological polar surface area (TPSA) is 70.6 Å². The summed E-state index contributed by atoms with van der Waals surface area (Å²) in [5.41, 5.74) is 2.36. The molecular formula is C17H21ClN6. The highest BCUT2D eigenvalue weighted by molar-refractivity contribution is 6.30. The van der Waals surface area contributed by atoms with Gasteiger partial charge in [-0.05, 0) is 25.7 Å². The van der Waals surface area contributed by atoms with E-state index in [2.05, 4.69) is 39.9 Å². The molecule has 1 atom stereocenters. The number of nitrogens with zero attached hydrogens (tertiary/aromatic N) is 6. The van der Waals surface area contributed by atoms with E-state index in [4.69, 9.17) is 16.9 Å². The monoisotopic (exact) mass is 344 g/mol. The third-order valence-corrected chi connectivity index (χ3v) is 4.66. The highest BCUT2D eigenvalue weighted by Crippen LogP contribution is 2.39. The van der Waals surface area contributed by atoms with E-state index in [-0.39, 0.29) is 6.04 Å². The van der Waals surface area contributed by atoms with Gasteiger partial charge in [0.1, 0.15) is 17.0 Å². The second kappa shape index (κ2) is 6.78. The first-order valence-corrected chi connectivity index (χ1v) is 8.60. The molecule has 1 aliphatic rings. The summed E-state index contributed by atoms with van der Waals surface area (Å²) in [7, 11) is 0. The molecule has 0 aromatic carbocycles. The lowest BCUT2D eigenvalue weighted by Crippen LogP contribution is -2.24. The van der Waals surface area contributed by atoms with Crippen molar-refractivity contribution in [2.45, 2.75) is 46.2 Å². The fourth-order valence-corrected chi connectivity index (χ4v) is 3.67. The van der Waals surface area contributed by atoms with Gasteiger partial charge in [-0.15, -0.1) is 0 Å². The lowest BCUT2D eigenvalue weighted by molar-refractivity contribution is 0.481. The molecule has 0 amide bonds. The molecule has 1 fully saturated rings. The summed E-state index contributed by atoms with van der Waals surface area (Å²) in [5.74, 6) is 1.20. The Labute approximate surface area is 147 Å². The molecule has 1 aliphatic heterocycles. The van der Waals surface area contributed by atoms with Crippen LogP contribution in [-0.2, 0) is 6.54 Å². The SMILES string of the molecule is Cc1nn(CC(C)C)c(Cl)c1C1CCCN1c1cncc(C#N)n1. The van der Waals surface area contributed by atoms with Crippen LogP contribution in [0.3, 0.4) is 0 Å². The summed E-state index contributed by atoms with van der Waals surface area (Å²) in [4.78, 5) is 10.7. The van der Waals surface area contributed by atoms with E-state index >= 15 is 0 Å². The molecule has 0 aliphatic carbocycles. The smallest absolute Gasteiger partial charge is 0.161 e. The van der Waals surface area contributed by atoms with Crippen molar-refractivity contribution in [1.82, 2.24) is 19.7 Å². The summed E-state index contributed by atoms with van der Waals surface area (Å²) in [6, 6.07) is 2.18. The van der Waals surface area contributed by atoms with Crippen molar-refractivity contribution in [3.63, 3.8) is 0 Å². The van der Waals surface area contributed by atoms with Gasteiger partial charge in [0.05, 0.1) is 24.1 Å². The van der Waals surface area contributed by atoms with Gasteiger partial charge in [-0.1, -0.05) is 25.4 Å². The van der Waals surface area contributed by atoms with Crippen LogP contribution in [0.5, 0.6) is 0 Å². The van der Waals surface area contributed by atoms with E-state index in [9.17, 15) is 0 Å². The van der Waals surface area contributed by atoms with Gasteiger partial charge in [-0.3, -0.25) is 9.67 Å². The standard InChI is InChI=1S/C17H21ClN6/c1-11(2)10-24-17(18)16(12(3)22-24)14-5-4-6-23(14)15-9-20-8-13(7-19)21-15/h8-9,11,14H,4-6,10H2,1-3H3. The maximum Gasteiger partial charge on any atom is 0.161 e. The molecule has 3 heterocycles. The minimum absolute atomic E-state index is 0.127. The predicted octanol–water partition coefficient (Wildman–Crippen LogP) is 3.50. The van der Waals surface area contributed by atoms with Gasteiger partial charge in [0, 0.05) is 18.7 Å². The van der Waals surface area contributed by atoms with Gasteiger partial charge in [-0.25, -0.2) is 4.98 Å². The van der Waals surface area contributed by atoms with Gasteiger partial charge >= 0.3 is 0 Å². The van der Waals surface area contributed by atoms with Crippen LogP contribution in [-0.4, -0.2) is 26.3 Å². The van der Waals surface area contributed by atoms with Gasteiger partial charge < -0.3 is 4.90 Å². The Morgan fingerprint density at radius 1 is 1.42 bits per heavy atom. The molecular weight excluding hydrogens is 324 g/mol. The number of rotatable bonds is 4. The van der Waals surface area contributed by atoms with Gasteiger partial charge in [0.2, 0.25) is 0 Å². The van der Waals surface area contributed by atoms with Crippen molar-refractivity contribution in [2.24, 2.45) is 5.92 Å². The molecule has 2 aromatic heterocycles. The molecule has 6 nitrogen and oxygen atoms in total. The normalized spacial score (nSPS) is 17.5. The highest BCUT2D eigenvalue weighted by Gasteiger charge is 2.32. The lowest BCUT2D eigenvalue weighted by atomic mass is 10.1. The minimum atomic E-state index is 0.127. The maximum atomic E-state index is 9.06. The fourth-order valence-electron chi connectivity index (χ4n) is 3.30. The van der Waals surface area contributed by atoms with Gasteiger partial charge in [0.15, 0.2) is 5.69 Å². The van der Waals surface area contributed by atoms with Crippen molar-refractivity contribution in [3.05, 3.63) is 34.5 Å². The zero-order valence-corrected chi connectivity index (χ0v) is 15.0. The Hall–Kier alpha value is -2.13. The maximum absolute atomic E-state index is 9.06. The Balaban J connectivity index is 1.96. The number of halogens is 1. The van der Waals surface area contributed by atoms with Gasteiger partial charge in [-0.2, -0.15) is 10.4 Å². The fraction of sp³-hybridized carbons (Fsp3) is 0.529. The molecule has 1 unspecified atom stereocenters. The molecule has 0 radical (unpaired) electrons. The summed E-state index contributed by atoms with van der Waals surface area (Å²) < 4.78 is 1.89. The second-order valence-corrected chi connectivity index (χ2v) is 6.95. The summed E-state index contributed by atoms with van der Waals surface area (Å²) in [6.07, 6.45) is 5.23. The molecule has 0 bridgehead atoms. The predicted molar refractivity (Wildman–Crippen MR) is 92.9 cm³/mol. The van der Waals surface area contributed by atoms with Crippen LogP contribution in [0.2, 0.25) is 5.15 Å². The van der Waals surface area contributed by atoms with Crippen molar-refractivity contribution >= 4 is 17.4 Å². The Kier molecular flexibility index (Phi) is 4.72. The molecule has 3 rings (SSSR count). The molecule has 1 saturated heterocycles. The first-order valence-electron chi connectivity index (χ1n) is 8.22. The molecule has 24 heavy (non-hydrogen) atoms. The van der Waals surface area contributed by atoms with Crippen LogP contribution < -0.4 is 4.90 Å². The van der Waals surface area contributed by atoms with E-state index in [0.717, 1.165) is 43.0 Å². The van der Waals surface area contributed by atoms with Crippen molar-refractivity contribution < 1.29 is 0 Å². The molecule has 0 spiro atoms. The summed E-state index contributed by atoms with van der Waals surface area (Å²) >= 11 is 6.65. The van der Waals surface area contributed by atoms with Crippen LogP contribution in [0, 0.1) is 24.2 Å². The van der Waals surface area contributed by atoms with Crippen molar-refractivity contribution in [2.75, 3.05) is 11.4 Å². The quantitative estimate of drug-likeness (QED) is 0.848. The van der Waals surface area contributed by atoms with E-state index in [1.165, 1.54) is 6.20 Å². The van der Waals surface area contributed by atoms with Crippen LogP contribution in [0.15, 0.2) is 12.4 Å². The van der Waals surface area contributed by atoms with E-state index in [1.54, 1.807) is 6.20 Å². The van der Waals surface area contributed by atoms with E-state index in [1.807, 2.05) is 11.6 Å². The average molecular weight is 345 g/mol. The molecule has 7 heteroatoms. The van der Waals surface area contributed by atoms with E-state index in [0.29, 0.717) is 16.8 Å². The number of aryl methyl sites for hydroxylation is 1. The summed E-state index contributed by atoms with van der Waals surface area (Å²) in [5, 5.41) is 14.4. The van der Waals surface area contributed by atoms with Gasteiger partial charge in [0.25, 0.3) is 0 Å². The number of anilines is 1. The average Bonchev–Trinajstić information content (AvgIpc) is 3.12. The molecule has 126 valence electrons. The zero-order chi connectivity index (χ0) is 17.3. The van der Waals surface area contributed by atoms with Crippen LogP contribution in [0.4, 0.5) is 5.82 Å². The number of nitriles is 1. The first kappa shape index (κ1) is 16.7. The summed E-state index contributed by atoms with van der Waals surface area (Å²) in [6.45, 7) is 7.98. The van der Waals surface area contributed by atoms with Crippen LogP contribution in [0.1, 0.15) is 49.7 Å². The zero-order valence-electron chi connectivity index (χ0n) is 14.2. The number of hydrogen-bond acceptors (Lipinski definition) is 5. The Morgan fingerprint density at radius 3 is 2.92 bits per heavy atom. The number of aromatic nitrogens is 4. The van der Waals surface area contributed by atoms with Crippen molar-refractivity contribution in [1.29, 1.82) is 5.26 Å². The molecule has 0 N–H and O–H groups in total. The van der Waals surface area contributed by atoms with Crippen LogP contribution in [0.25, 0.3) is 0 Å². The second-order valence-electron chi connectivity index (χ2n) is 6.59. The third-order valence-electron chi connectivity index (χ3n) is 4.26.